The summed E-state index contributed by atoms with van der Waals surface area (Å²) >= 11 is 0. The molecule has 0 atom stereocenters. The fourth-order valence-electron chi connectivity index (χ4n) is 3.03. The van der Waals surface area contributed by atoms with Gasteiger partial charge in [0.25, 0.3) is 5.91 Å². The van der Waals surface area contributed by atoms with Gasteiger partial charge in [0, 0.05) is 18.8 Å². The number of esters is 1. The number of sulfonamides is 1. The van der Waals surface area contributed by atoms with Crippen molar-refractivity contribution in [2.75, 3.05) is 25.0 Å². The molecule has 1 aliphatic heterocycles. The molecule has 1 heterocycles. The number of hydrogen-bond donors (Lipinski definition) is 2. The van der Waals surface area contributed by atoms with Crippen molar-refractivity contribution in [1.82, 2.24) is 4.31 Å². The number of nitrogens with zero attached hydrogens (tertiary/aromatic N) is 1. The Balaban J connectivity index is 1.61. The molecule has 2 aromatic rings. The van der Waals surface area contributed by atoms with E-state index in [0.717, 1.165) is 19.3 Å². The van der Waals surface area contributed by atoms with Crippen LogP contribution in [-0.2, 0) is 19.6 Å². The van der Waals surface area contributed by atoms with E-state index >= 15 is 0 Å². The molecule has 2 N–H and O–H groups in total. The van der Waals surface area contributed by atoms with Crippen molar-refractivity contribution in [2.45, 2.75) is 24.2 Å². The summed E-state index contributed by atoms with van der Waals surface area (Å²) in [6.45, 7) is 0.436. The summed E-state index contributed by atoms with van der Waals surface area (Å²) in [5, 5.41) is 11.9. The summed E-state index contributed by atoms with van der Waals surface area (Å²) < 4.78 is 31.9. The molecule has 1 saturated heterocycles. The van der Waals surface area contributed by atoms with Crippen LogP contribution in [0.4, 0.5) is 5.69 Å². The number of phenolic OH excluding ortho intramolecular Hbond substituents is 1. The van der Waals surface area contributed by atoms with Gasteiger partial charge in [0.15, 0.2) is 6.61 Å². The molecule has 0 bridgehead atoms. The molecule has 1 fully saturated rings. The van der Waals surface area contributed by atoms with Gasteiger partial charge in [0.1, 0.15) is 5.75 Å². The average molecular weight is 418 g/mol. The highest BCUT2D eigenvalue weighted by Gasteiger charge is 2.26. The van der Waals surface area contributed by atoms with E-state index in [4.69, 9.17) is 4.74 Å². The largest absolute Gasteiger partial charge is 0.508 e. The van der Waals surface area contributed by atoms with E-state index < -0.39 is 28.5 Å². The first-order valence-electron chi connectivity index (χ1n) is 9.22. The lowest BCUT2D eigenvalue weighted by Gasteiger charge is -2.26. The molecule has 8 nitrogen and oxygen atoms in total. The van der Waals surface area contributed by atoms with Crippen LogP contribution in [0.15, 0.2) is 53.4 Å². The van der Waals surface area contributed by atoms with Crippen LogP contribution in [0.3, 0.4) is 0 Å². The number of ether oxygens (including phenoxy) is 1. The molecular weight excluding hydrogens is 396 g/mol. The van der Waals surface area contributed by atoms with Gasteiger partial charge in [0.2, 0.25) is 10.0 Å². The highest BCUT2D eigenvalue weighted by Crippen LogP contribution is 2.23. The number of hydrogen-bond acceptors (Lipinski definition) is 6. The summed E-state index contributed by atoms with van der Waals surface area (Å²) in [5.74, 6) is -1.45. The monoisotopic (exact) mass is 418 g/mol. The van der Waals surface area contributed by atoms with Crippen molar-refractivity contribution in [3.05, 3.63) is 54.1 Å². The van der Waals surface area contributed by atoms with Gasteiger partial charge in [-0.1, -0.05) is 18.6 Å². The van der Waals surface area contributed by atoms with Crippen molar-refractivity contribution in [1.29, 1.82) is 0 Å². The standard InChI is InChI=1S/C20H22N2O6S/c23-17-8-4-6-15(12-17)20(25)28-14-19(24)21-16-7-5-9-18(13-16)29(26,27)22-10-2-1-3-11-22/h4-9,12-13,23H,1-3,10-11,14H2,(H,21,24). The Hall–Kier alpha value is -2.91. The number of piperidine rings is 1. The van der Waals surface area contributed by atoms with Gasteiger partial charge >= 0.3 is 5.97 Å². The Morgan fingerprint density at radius 1 is 1.03 bits per heavy atom. The Morgan fingerprint density at radius 2 is 1.76 bits per heavy atom. The first-order chi connectivity index (χ1) is 13.9. The second kappa shape index (κ2) is 9.06. The molecule has 29 heavy (non-hydrogen) atoms. The molecule has 0 aromatic heterocycles. The zero-order chi connectivity index (χ0) is 20.9. The average Bonchev–Trinajstić information content (AvgIpc) is 2.73. The molecule has 0 aliphatic carbocycles. The van der Waals surface area contributed by atoms with E-state index in [-0.39, 0.29) is 16.2 Å². The third-order valence-corrected chi connectivity index (χ3v) is 6.38. The number of benzene rings is 2. The minimum Gasteiger partial charge on any atom is -0.508 e. The summed E-state index contributed by atoms with van der Waals surface area (Å²) in [6, 6.07) is 11.6. The third-order valence-electron chi connectivity index (χ3n) is 4.49. The highest BCUT2D eigenvalue weighted by molar-refractivity contribution is 7.89. The molecule has 2 aromatic carbocycles. The molecule has 0 spiro atoms. The van der Waals surface area contributed by atoms with E-state index in [0.29, 0.717) is 18.8 Å². The van der Waals surface area contributed by atoms with Crippen molar-refractivity contribution in [3.63, 3.8) is 0 Å². The molecule has 9 heteroatoms. The number of aromatic hydroxyl groups is 1. The van der Waals surface area contributed by atoms with Gasteiger partial charge in [-0.15, -0.1) is 0 Å². The van der Waals surface area contributed by atoms with E-state index in [1.807, 2.05) is 0 Å². The molecule has 0 unspecified atom stereocenters. The van der Waals surface area contributed by atoms with Gasteiger partial charge in [-0.3, -0.25) is 4.79 Å². The molecule has 0 saturated carbocycles. The van der Waals surface area contributed by atoms with Crippen molar-refractivity contribution in [3.8, 4) is 5.75 Å². The van der Waals surface area contributed by atoms with Crippen LogP contribution in [0, 0.1) is 0 Å². The predicted octanol–water partition coefficient (Wildman–Crippen LogP) is 2.36. The van der Waals surface area contributed by atoms with Gasteiger partial charge in [0.05, 0.1) is 10.5 Å². The molecule has 154 valence electrons. The number of nitrogens with one attached hydrogen (secondary N) is 1. The lowest BCUT2D eigenvalue weighted by molar-refractivity contribution is -0.119. The number of carbonyl (C=O) groups excluding carboxylic acids is 2. The molecule has 0 radical (unpaired) electrons. The van der Waals surface area contributed by atoms with E-state index in [1.54, 1.807) is 12.1 Å². The Morgan fingerprint density at radius 3 is 2.48 bits per heavy atom. The summed E-state index contributed by atoms with van der Waals surface area (Å²) in [7, 11) is -3.61. The minimum atomic E-state index is -3.61. The lowest BCUT2D eigenvalue weighted by Crippen LogP contribution is -2.35. The second-order valence-electron chi connectivity index (χ2n) is 6.67. The van der Waals surface area contributed by atoms with Gasteiger partial charge < -0.3 is 15.2 Å². The van der Waals surface area contributed by atoms with E-state index in [1.165, 1.54) is 40.7 Å². The van der Waals surface area contributed by atoms with Crippen LogP contribution < -0.4 is 5.32 Å². The fourth-order valence-corrected chi connectivity index (χ4v) is 4.60. The Labute approximate surface area is 169 Å². The van der Waals surface area contributed by atoms with Crippen molar-refractivity contribution < 1.29 is 27.9 Å². The summed E-state index contributed by atoms with van der Waals surface area (Å²) in [4.78, 5) is 24.1. The quantitative estimate of drug-likeness (QED) is 0.697. The second-order valence-corrected chi connectivity index (χ2v) is 8.61. The molecule has 1 amide bonds. The Kier molecular flexibility index (Phi) is 6.50. The summed E-state index contributed by atoms with van der Waals surface area (Å²) in [6.07, 6.45) is 2.68. The topological polar surface area (TPSA) is 113 Å². The van der Waals surface area contributed by atoms with Crippen molar-refractivity contribution in [2.24, 2.45) is 0 Å². The maximum absolute atomic E-state index is 12.7. The SMILES string of the molecule is O=C(COC(=O)c1cccc(O)c1)Nc1cccc(S(=O)(=O)N2CCCCC2)c1. The van der Waals surface area contributed by atoms with E-state index in [9.17, 15) is 23.1 Å². The van der Waals surface area contributed by atoms with Crippen LogP contribution in [0.1, 0.15) is 29.6 Å². The minimum absolute atomic E-state index is 0.0874. The molecule has 3 rings (SSSR count). The molecule has 1 aliphatic rings. The van der Waals surface area contributed by atoms with Gasteiger partial charge in [-0.2, -0.15) is 4.31 Å². The smallest absolute Gasteiger partial charge is 0.338 e. The molecular formula is C20H22N2O6S. The first kappa shape index (κ1) is 20.8. The number of anilines is 1. The fraction of sp³-hybridized carbons (Fsp3) is 0.300. The lowest BCUT2D eigenvalue weighted by atomic mass is 10.2. The van der Waals surface area contributed by atoms with Crippen LogP contribution in [0.25, 0.3) is 0 Å². The van der Waals surface area contributed by atoms with Crippen LogP contribution in [0.5, 0.6) is 5.75 Å². The number of rotatable bonds is 6. The normalized spacial score (nSPS) is 14.9. The number of carbonyl (C=O) groups is 2. The number of phenols is 1. The maximum atomic E-state index is 12.7. The van der Waals surface area contributed by atoms with Crippen LogP contribution in [0.2, 0.25) is 0 Å². The van der Waals surface area contributed by atoms with Gasteiger partial charge in [-0.05, 0) is 49.2 Å². The highest BCUT2D eigenvalue weighted by atomic mass is 32.2. The summed E-state index contributed by atoms with van der Waals surface area (Å²) in [5.41, 5.74) is 0.411. The Bertz CT molecular complexity index is 1000. The van der Waals surface area contributed by atoms with Gasteiger partial charge in [-0.25, -0.2) is 13.2 Å². The van der Waals surface area contributed by atoms with E-state index in [2.05, 4.69) is 5.32 Å². The van der Waals surface area contributed by atoms with Crippen molar-refractivity contribution >= 4 is 27.6 Å². The zero-order valence-corrected chi connectivity index (χ0v) is 16.5. The van der Waals surface area contributed by atoms with Crippen LogP contribution in [-0.4, -0.2) is 49.4 Å². The first-order valence-corrected chi connectivity index (χ1v) is 10.7. The van der Waals surface area contributed by atoms with Crippen LogP contribution >= 0.6 is 0 Å². The maximum Gasteiger partial charge on any atom is 0.338 e. The predicted molar refractivity (Wildman–Crippen MR) is 106 cm³/mol. The number of amides is 1. The third kappa shape index (κ3) is 5.33. The zero-order valence-electron chi connectivity index (χ0n) is 15.7.